The number of hydrogen-bond acceptors (Lipinski definition) is 2. The van der Waals surface area contributed by atoms with E-state index in [-0.39, 0.29) is 0 Å². The van der Waals surface area contributed by atoms with E-state index in [1.54, 1.807) is 0 Å². The van der Waals surface area contributed by atoms with E-state index >= 15 is 0 Å². The number of aromatic nitrogens is 2. The smallest absolute Gasteiger partial charge is 0.133 e. The zero-order chi connectivity index (χ0) is 16.7. The Morgan fingerprint density at radius 1 is 1.17 bits per heavy atom. The highest BCUT2D eigenvalue weighted by atomic mass is 35.5. The summed E-state index contributed by atoms with van der Waals surface area (Å²) in [4.78, 5) is 0. The van der Waals surface area contributed by atoms with Crippen molar-refractivity contribution in [2.75, 3.05) is 11.9 Å². The van der Waals surface area contributed by atoms with Gasteiger partial charge in [-0.15, -0.1) is 0 Å². The van der Waals surface area contributed by atoms with E-state index in [1.807, 2.05) is 18.2 Å². The average molecular weight is 338 g/mol. The van der Waals surface area contributed by atoms with Gasteiger partial charge in [-0.1, -0.05) is 47.5 Å². The molecule has 0 amide bonds. The van der Waals surface area contributed by atoms with Crippen LogP contribution in [-0.4, -0.2) is 16.3 Å². The SMILES string of the molecule is Cc1ccc(-n2nc(Cc3ccccc3Cl)c3c2NCC3)c(C)c1. The minimum Gasteiger partial charge on any atom is -0.369 e. The highest BCUT2D eigenvalue weighted by Gasteiger charge is 2.24. The lowest BCUT2D eigenvalue weighted by atomic mass is 10.1. The van der Waals surface area contributed by atoms with Gasteiger partial charge < -0.3 is 5.32 Å². The Balaban J connectivity index is 1.79. The molecule has 0 unspecified atom stereocenters. The molecular weight excluding hydrogens is 318 g/mol. The fourth-order valence-electron chi connectivity index (χ4n) is 3.43. The van der Waals surface area contributed by atoms with Gasteiger partial charge in [0.1, 0.15) is 5.82 Å². The molecule has 2 heterocycles. The van der Waals surface area contributed by atoms with Crippen molar-refractivity contribution < 1.29 is 0 Å². The van der Waals surface area contributed by atoms with Crippen LogP contribution >= 0.6 is 11.6 Å². The molecule has 0 saturated carbocycles. The molecule has 0 saturated heterocycles. The van der Waals surface area contributed by atoms with Crippen molar-refractivity contribution in [3.8, 4) is 5.69 Å². The second-order valence-electron chi connectivity index (χ2n) is 6.42. The maximum atomic E-state index is 6.34. The predicted molar refractivity (Wildman–Crippen MR) is 99.5 cm³/mol. The molecule has 0 aliphatic carbocycles. The van der Waals surface area contributed by atoms with Crippen LogP contribution in [0.2, 0.25) is 5.02 Å². The molecular formula is C20H20ClN3. The fourth-order valence-corrected chi connectivity index (χ4v) is 3.63. The van der Waals surface area contributed by atoms with Gasteiger partial charge in [-0.05, 0) is 43.5 Å². The minimum atomic E-state index is 0.765. The van der Waals surface area contributed by atoms with Gasteiger partial charge in [0, 0.05) is 23.6 Å². The largest absolute Gasteiger partial charge is 0.369 e. The number of fused-ring (bicyclic) bond motifs is 1. The summed E-state index contributed by atoms with van der Waals surface area (Å²) in [7, 11) is 0. The molecule has 3 aromatic rings. The number of halogens is 1. The molecule has 1 aromatic heterocycles. The zero-order valence-electron chi connectivity index (χ0n) is 13.9. The summed E-state index contributed by atoms with van der Waals surface area (Å²) in [6, 6.07) is 14.5. The highest BCUT2D eigenvalue weighted by Crippen LogP contribution is 2.32. The number of anilines is 1. The molecule has 2 aromatic carbocycles. The first kappa shape index (κ1) is 15.3. The van der Waals surface area contributed by atoms with Crippen LogP contribution in [0.25, 0.3) is 5.69 Å². The van der Waals surface area contributed by atoms with E-state index in [9.17, 15) is 0 Å². The average Bonchev–Trinajstić information content (AvgIpc) is 3.14. The molecule has 1 N–H and O–H groups in total. The molecule has 0 bridgehead atoms. The third kappa shape index (κ3) is 2.59. The molecule has 0 fully saturated rings. The van der Waals surface area contributed by atoms with E-state index in [0.29, 0.717) is 0 Å². The van der Waals surface area contributed by atoms with E-state index < -0.39 is 0 Å². The van der Waals surface area contributed by atoms with Gasteiger partial charge >= 0.3 is 0 Å². The molecule has 24 heavy (non-hydrogen) atoms. The molecule has 0 atom stereocenters. The van der Waals surface area contributed by atoms with Gasteiger partial charge in [0.25, 0.3) is 0 Å². The van der Waals surface area contributed by atoms with Crippen molar-refractivity contribution in [3.63, 3.8) is 0 Å². The standard InChI is InChI=1S/C20H20ClN3/c1-13-7-8-19(14(2)11-13)24-20-16(9-10-22-20)18(23-24)12-15-5-3-4-6-17(15)21/h3-8,11,22H,9-10,12H2,1-2H3. The van der Waals surface area contributed by atoms with Gasteiger partial charge in [-0.3, -0.25) is 0 Å². The maximum Gasteiger partial charge on any atom is 0.133 e. The molecule has 1 aliphatic rings. The minimum absolute atomic E-state index is 0.765. The first-order valence-electron chi connectivity index (χ1n) is 8.29. The summed E-state index contributed by atoms with van der Waals surface area (Å²) in [5.74, 6) is 1.13. The summed E-state index contributed by atoms with van der Waals surface area (Å²) in [5, 5.41) is 9.23. The molecule has 1 aliphatic heterocycles. The van der Waals surface area contributed by atoms with E-state index in [0.717, 1.165) is 47.2 Å². The Labute approximate surface area is 147 Å². The number of rotatable bonds is 3. The van der Waals surface area contributed by atoms with Gasteiger partial charge in [0.05, 0.1) is 11.4 Å². The Morgan fingerprint density at radius 2 is 2.00 bits per heavy atom. The van der Waals surface area contributed by atoms with Gasteiger partial charge in [0.2, 0.25) is 0 Å². The summed E-state index contributed by atoms with van der Waals surface area (Å²) >= 11 is 6.34. The molecule has 122 valence electrons. The van der Waals surface area contributed by atoms with Crippen molar-refractivity contribution in [2.24, 2.45) is 0 Å². The molecule has 4 heteroatoms. The monoisotopic (exact) mass is 337 g/mol. The first-order chi connectivity index (χ1) is 11.6. The Kier molecular flexibility index (Phi) is 3.81. The number of benzene rings is 2. The highest BCUT2D eigenvalue weighted by molar-refractivity contribution is 6.31. The van der Waals surface area contributed by atoms with Crippen LogP contribution < -0.4 is 5.32 Å². The fraction of sp³-hybridized carbons (Fsp3) is 0.250. The summed E-state index contributed by atoms with van der Waals surface area (Å²) < 4.78 is 2.06. The van der Waals surface area contributed by atoms with E-state index in [2.05, 4.69) is 48.1 Å². The van der Waals surface area contributed by atoms with Crippen molar-refractivity contribution in [3.05, 3.63) is 75.4 Å². The van der Waals surface area contributed by atoms with Crippen molar-refractivity contribution in [1.29, 1.82) is 0 Å². The summed E-state index contributed by atoms with van der Waals surface area (Å²) in [5.41, 5.74) is 7.19. The number of hydrogen-bond donors (Lipinski definition) is 1. The Morgan fingerprint density at radius 3 is 2.79 bits per heavy atom. The molecule has 3 nitrogen and oxygen atoms in total. The predicted octanol–water partition coefficient (Wildman–Crippen LogP) is 4.70. The lowest BCUT2D eigenvalue weighted by Crippen LogP contribution is -2.06. The van der Waals surface area contributed by atoms with Crippen LogP contribution in [0.3, 0.4) is 0 Å². The van der Waals surface area contributed by atoms with Crippen LogP contribution in [0.5, 0.6) is 0 Å². The van der Waals surface area contributed by atoms with Gasteiger partial charge in [-0.2, -0.15) is 5.10 Å². The lowest BCUT2D eigenvalue weighted by Gasteiger charge is -2.10. The van der Waals surface area contributed by atoms with Gasteiger partial charge in [-0.25, -0.2) is 4.68 Å². The number of aryl methyl sites for hydroxylation is 2. The van der Waals surface area contributed by atoms with Crippen LogP contribution in [-0.2, 0) is 12.8 Å². The third-order valence-corrected chi connectivity index (χ3v) is 5.00. The van der Waals surface area contributed by atoms with E-state index in [4.69, 9.17) is 16.7 Å². The quantitative estimate of drug-likeness (QED) is 0.750. The van der Waals surface area contributed by atoms with Crippen LogP contribution in [0.15, 0.2) is 42.5 Å². The van der Waals surface area contributed by atoms with Crippen molar-refractivity contribution in [2.45, 2.75) is 26.7 Å². The lowest BCUT2D eigenvalue weighted by molar-refractivity contribution is 0.834. The number of nitrogens with zero attached hydrogens (tertiary/aromatic N) is 2. The third-order valence-electron chi connectivity index (χ3n) is 4.63. The topological polar surface area (TPSA) is 29.9 Å². The molecule has 4 rings (SSSR count). The van der Waals surface area contributed by atoms with Crippen LogP contribution in [0.1, 0.15) is 27.9 Å². The van der Waals surface area contributed by atoms with Crippen LogP contribution in [0, 0.1) is 13.8 Å². The maximum absolute atomic E-state index is 6.34. The van der Waals surface area contributed by atoms with E-state index in [1.165, 1.54) is 16.7 Å². The molecule has 0 spiro atoms. The zero-order valence-corrected chi connectivity index (χ0v) is 14.7. The summed E-state index contributed by atoms with van der Waals surface area (Å²) in [6.45, 7) is 5.22. The van der Waals surface area contributed by atoms with Crippen molar-refractivity contribution >= 4 is 17.4 Å². The van der Waals surface area contributed by atoms with Crippen molar-refractivity contribution in [1.82, 2.24) is 9.78 Å². The normalized spacial score (nSPS) is 13.0. The second-order valence-corrected chi connectivity index (χ2v) is 6.83. The first-order valence-corrected chi connectivity index (χ1v) is 8.67. The summed E-state index contributed by atoms with van der Waals surface area (Å²) in [6.07, 6.45) is 1.78. The Hall–Kier alpha value is -2.26. The van der Waals surface area contributed by atoms with Gasteiger partial charge in [0.15, 0.2) is 0 Å². The Bertz CT molecular complexity index is 911. The second kappa shape index (κ2) is 5.99. The van der Waals surface area contributed by atoms with Crippen LogP contribution in [0.4, 0.5) is 5.82 Å². The number of nitrogens with one attached hydrogen (secondary N) is 1. The molecule has 0 radical (unpaired) electrons.